The van der Waals surface area contributed by atoms with Crippen molar-refractivity contribution < 1.29 is 0 Å². The molecular formula is C49H30N4S. The molecule has 0 N–H and O–H groups in total. The summed E-state index contributed by atoms with van der Waals surface area (Å²) < 4.78 is 4.96. The van der Waals surface area contributed by atoms with Crippen molar-refractivity contribution in [3.05, 3.63) is 182 Å². The third-order valence-electron chi connectivity index (χ3n) is 10.4. The molecule has 11 rings (SSSR count). The van der Waals surface area contributed by atoms with E-state index in [1.54, 1.807) is 0 Å². The molecule has 8 aromatic carbocycles. The van der Waals surface area contributed by atoms with Gasteiger partial charge in [0.2, 0.25) is 0 Å². The molecule has 0 aliphatic carbocycles. The fraction of sp³-hybridized carbons (Fsp3) is 0. The number of nitrogens with zero attached hydrogens (tertiary/aromatic N) is 4. The molecule has 3 aromatic heterocycles. The lowest BCUT2D eigenvalue weighted by Gasteiger charge is -2.11. The van der Waals surface area contributed by atoms with E-state index in [1.807, 2.05) is 29.5 Å². The van der Waals surface area contributed by atoms with E-state index in [0.717, 1.165) is 38.8 Å². The molecule has 54 heavy (non-hydrogen) atoms. The second kappa shape index (κ2) is 12.3. The average Bonchev–Trinajstić information content (AvgIpc) is 3.79. The Morgan fingerprint density at radius 1 is 0.370 bits per heavy atom. The Hall–Kier alpha value is -6.95. The highest BCUT2D eigenvalue weighted by Gasteiger charge is 2.17. The van der Waals surface area contributed by atoms with E-state index in [2.05, 4.69) is 168 Å². The zero-order valence-electron chi connectivity index (χ0n) is 29.0. The van der Waals surface area contributed by atoms with E-state index in [1.165, 1.54) is 47.5 Å². The largest absolute Gasteiger partial charge is 0.309 e. The number of fused-ring (bicyclic) bond motifs is 7. The van der Waals surface area contributed by atoms with Crippen LogP contribution in [0.25, 0.3) is 104 Å². The standard InChI is InChI=1S/C49H30N4S/c1-3-12-31(13-4-1)47-50-48(52-49(51-47)36-26-27-40-39-16-7-9-20-43(39)53(44(40)30-36)37-14-5-2-6-15-37)35-25-23-32-28-34(24-22-33(32)29-35)38-18-11-19-42-41-17-8-10-21-45(41)54-46(38)42/h1-30H. The molecule has 5 heteroatoms. The van der Waals surface area contributed by atoms with Crippen LogP contribution in [0, 0.1) is 0 Å². The zero-order valence-corrected chi connectivity index (χ0v) is 29.8. The fourth-order valence-corrected chi connectivity index (χ4v) is 9.08. The monoisotopic (exact) mass is 706 g/mol. The second-order valence-corrected chi connectivity index (χ2v) is 14.7. The van der Waals surface area contributed by atoms with Gasteiger partial charge >= 0.3 is 0 Å². The maximum Gasteiger partial charge on any atom is 0.164 e. The van der Waals surface area contributed by atoms with E-state index in [9.17, 15) is 0 Å². The van der Waals surface area contributed by atoms with Crippen LogP contribution in [-0.2, 0) is 0 Å². The van der Waals surface area contributed by atoms with Gasteiger partial charge in [-0.2, -0.15) is 0 Å². The van der Waals surface area contributed by atoms with Gasteiger partial charge in [-0.15, -0.1) is 11.3 Å². The van der Waals surface area contributed by atoms with Crippen LogP contribution < -0.4 is 0 Å². The Bertz CT molecular complexity index is 3220. The quantitative estimate of drug-likeness (QED) is 0.179. The summed E-state index contributed by atoms with van der Waals surface area (Å²) in [7, 11) is 0. The van der Waals surface area contributed by atoms with E-state index in [-0.39, 0.29) is 0 Å². The SMILES string of the molecule is c1ccc(-c2nc(-c3ccc4cc(-c5cccc6c5sc5ccccc56)ccc4c3)nc(-c3ccc4c5ccccc5n(-c5ccccc5)c4c3)n2)cc1. The molecule has 0 aliphatic rings. The van der Waals surface area contributed by atoms with E-state index < -0.39 is 0 Å². The number of hydrogen-bond acceptors (Lipinski definition) is 4. The van der Waals surface area contributed by atoms with Gasteiger partial charge in [0.05, 0.1) is 11.0 Å². The van der Waals surface area contributed by atoms with Gasteiger partial charge in [0.15, 0.2) is 17.5 Å². The molecule has 4 nitrogen and oxygen atoms in total. The molecule has 0 saturated heterocycles. The summed E-state index contributed by atoms with van der Waals surface area (Å²) in [6, 6.07) is 64.4. The molecule has 0 aliphatic heterocycles. The first kappa shape index (κ1) is 30.7. The Morgan fingerprint density at radius 3 is 1.74 bits per heavy atom. The fourth-order valence-electron chi connectivity index (χ4n) is 7.84. The minimum Gasteiger partial charge on any atom is -0.309 e. The molecule has 0 fully saturated rings. The normalized spacial score (nSPS) is 11.7. The third-order valence-corrected chi connectivity index (χ3v) is 11.6. The molecule has 0 radical (unpaired) electrons. The summed E-state index contributed by atoms with van der Waals surface area (Å²) in [5.41, 5.74) is 8.69. The van der Waals surface area contributed by atoms with Crippen LogP contribution in [0.1, 0.15) is 0 Å². The Balaban J connectivity index is 1.05. The minimum absolute atomic E-state index is 0.637. The first-order valence-corrected chi connectivity index (χ1v) is 18.9. The molecule has 0 amide bonds. The van der Waals surface area contributed by atoms with Gasteiger partial charge in [-0.25, -0.2) is 15.0 Å². The summed E-state index contributed by atoms with van der Waals surface area (Å²) in [6.07, 6.45) is 0. The number of hydrogen-bond donors (Lipinski definition) is 0. The second-order valence-electron chi connectivity index (χ2n) is 13.6. The highest BCUT2D eigenvalue weighted by Crippen LogP contribution is 2.41. The van der Waals surface area contributed by atoms with Crippen LogP contribution in [0.4, 0.5) is 0 Å². The van der Waals surface area contributed by atoms with Crippen LogP contribution in [0.3, 0.4) is 0 Å². The summed E-state index contributed by atoms with van der Waals surface area (Å²) >= 11 is 1.86. The van der Waals surface area contributed by atoms with Gasteiger partial charge in [0, 0.05) is 53.3 Å². The minimum atomic E-state index is 0.637. The molecule has 252 valence electrons. The van der Waals surface area contributed by atoms with Gasteiger partial charge < -0.3 is 4.57 Å². The van der Waals surface area contributed by atoms with Crippen molar-refractivity contribution in [1.29, 1.82) is 0 Å². The van der Waals surface area contributed by atoms with Crippen molar-refractivity contribution in [2.45, 2.75) is 0 Å². The van der Waals surface area contributed by atoms with Gasteiger partial charge in [-0.05, 0) is 64.4 Å². The van der Waals surface area contributed by atoms with Gasteiger partial charge in [0.25, 0.3) is 0 Å². The lowest BCUT2D eigenvalue weighted by atomic mass is 9.98. The van der Waals surface area contributed by atoms with Crippen molar-refractivity contribution in [1.82, 2.24) is 19.5 Å². The van der Waals surface area contributed by atoms with E-state index >= 15 is 0 Å². The average molecular weight is 707 g/mol. The Kier molecular flexibility index (Phi) is 7.00. The lowest BCUT2D eigenvalue weighted by Crippen LogP contribution is -2.00. The number of thiophene rings is 1. The summed E-state index contributed by atoms with van der Waals surface area (Å²) in [5.74, 6) is 1.92. The molecule has 0 spiro atoms. The van der Waals surface area contributed by atoms with Crippen LogP contribution in [0.2, 0.25) is 0 Å². The molecule has 0 saturated carbocycles. The van der Waals surface area contributed by atoms with Crippen LogP contribution in [0.5, 0.6) is 0 Å². The molecular weight excluding hydrogens is 677 g/mol. The van der Waals surface area contributed by atoms with Gasteiger partial charge in [0.1, 0.15) is 0 Å². The summed E-state index contributed by atoms with van der Waals surface area (Å²) in [6.45, 7) is 0. The van der Waals surface area contributed by atoms with Crippen molar-refractivity contribution in [2.75, 3.05) is 0 Å². The number of aromatic nitrogens is 4. The third kappa shape index (κ3) is 5.01. The number of para-hydroxylation sites is 2. The van der Waals surface area contributed by atoms with E-state index in [4.69, 9.17) is 15.0 Å². The zero-order chi connectivity index (χ0) is 35.6. The lowest BCUT2D eigenvalue weighted by molar-refractivity contribution is 1.07. The molecule has 3 heterocycles. The van der Waals surface area contributed by atoms with Gasteiger partial charge in [-0.3, -0.25) is 0 Å². The first-order valence-electron chi connectivity index (χ1n) is 18.1. The molecule has 0 bridgehead atoms. The predicted molar refractivity (Wildman–Crippen MR) is 226 cm³/mol. The highest BCUT2D eigenvalue weighted by atomic mass is 32.1. The van der Waals surface area contributed by atoms with Gasteiger partial charge in [-0.1, -0.05) is 140 Å². The number of benzene rings is 8. The van der Waals surface area contributed by atoms with Crippen LogP contribution in [-0.4, -0.2) is 19.5 Å². The van der Waals surface area contributed by atoms with Crippen LogP contribution >= 0.6 is 11.3 Å². The van der Waals surface area contributed by atoms with E-state index in [0.29, 0.717) is 17.5 Å². The van der Waals surface area contributed by atoms with Crippen molar-refractivity contribution in [3.63, 3.8) is 0 Å². The first-order chi connectivity index (χ1) is 26.7. The number of rotatable bonds is 5. The smallest absolute Gasteiger partial charge is 0.164 e. The molecule has 0 atom stereocenters. The van der Waals surface area contributed by atoms with Crippen molar-refractivity contribution >= 4 is 64.1 Å². The summed E-state index contributed by atoms with van der Waals surface area (Å²) in [5, 5.41) is 7.33. The summed E-state index contributed by atoms with van der Waals surface area (Å²) in [4.78, 5) is 15.3. The van der Waals surface area contributed by atoms with Crippen molar-refractivity contribution in [3.8, 4) is 51.0 Å². The predicted octanol–water partition coefficient (Wildman–Crippen LogP) is 13.2. The Morgan fingerprint density at radius 2 is 0.944 bits per heavy atom. The molecule has 11 aromatic rings. The maximum absolute atomic E-state index is 5.16. The van der Waals surface area contributed by atoms with Crippen LogP contribution in [0.15, 0.2) is 182 Å². The topological polar surface area (TPSA) is 43.6 Å². The Labute approximate surface area is 315 Å². The highest BCUT2D eigenvalue weighted by molar-refractivity contribution is 7.26. The van der Waals surface area contributed by atoms with Crippen molar-refractivity contribution in [2.24, 2.45) is 0 Å². The molecule has 0 unspecified atom stereocenters. The maximum atomic E-state index is 5.16.